The van der Waals surface area contributed by atoms with E-state index in [0.29, 0.717) is 29.0 Å². The summed E-state index contributed by atoms with van der Waals surface area (Å²) in [6.45, 7) is 13.1. The monoisotopic (exact) mass is 723 g/mol. The number of anilines is 1. The summed E-state index contributed by atoms with van der Waals surface area (Å²) in [6.07, 6.45) is 12.3. The quantitative estimate of drug-likeness (QED) is 0.0842. The fourth-order valence-corrected chi connectivity index (χ4v) is 9.15. The molecule has 2 aliphatic rings. The Labute approximate surface area is 302 Å². The van der Waals surface area contributed by atoms with E-state index in [1.54, 1.807) is 29.9 Å². The molecule has 0 saturated heterocycles. The summed E-state index contributed by atoms with van der Waals surface area (Å²) in [4.78, 5) is 32.0. The van der Waals surface area contributed by atoms with E-state index in [9.17, 15) is 14.7 Å². The second-order valence-corrected chi connectivity index (χ2v) is 21.7. The van der Waals surface area contributed by atoms with Crippen LogP contribution in [-0.2, 0) is 16.3 Å². The second kappa shape index (κ2) is 16.9. The number of primary amides is 1. The molecule has 0 spiro atoms. The lowest BCUT2D eigenvalue weighted by atomic mass is 9.63. The van der Waals surface area contributed by atoms with E-state index in [0.717, 1.165) is 63.1 Å². The minimum absolute atomic E-state index is 0.0565. The lowest BCUT2D eigenvalue weighted by molar-refractivity contribution is -0.120. The van der Waals surface area contributed by atoms with Crippen LogP contribution in [0.1, 0.15) is 111 Å². The van der Waals surface area contributed by atoms with Crippen LogP contribution in [0.15, 0.2) is 18.3 Å². The van der Waals surface area contributed by atoms with Crippen molar-refractivity contribution in [1.29, 1.82) is 0 Å². The van der Waals surface area contributed by atoms with Gasteiger partial charge in [0.15, 0.2) is 0 Å². The number of aryl methyl sites for hydroxylation is 1. The van der Waals surface area contributed by atoms with Crippen molar-refractivity contribution in [3.63, 3.8) is 0 Å². The van der Waals surface area contributed by atoms with Crippen LogP contribution in [-0.4, -0.2) is 62.8 Å². The highest BCUT2D eigenvalue weighted by Crippen LogP contribution is 2.48. The van der Waals surface area contributed by atoms with E-state index >= 15 is 4.39 Å². The minimum Gasteiger partial charge on any atom is -0.394 e. The summed E-state index contributed by atoms with van der Waals surface area (Å²) in [5, 5.41) is 22.0. The van der Waals surface area contributed by atoms with Crippen LogP contribution < -0.4 is 11.1 Å². The summed E-state index contributed by atoms with van der Waals surface area (Å²) in [6, 6.07) is 3.79. The van der Waals surface area contributed by atoms with Gasteiger partial charge in [-0.05, 0) is 56.7 Å². The van der Waals surface area contributed by atoms with Crippen LogP contribution in [0, 0.1) is 37.5 Å². The van der Waals surface area contributed by atoms with Crippen LogP contribution in [0.3, 0.4) is 0 Å². The Hall–Kier alpha value is -3.42. The number of amides is 2. The molecule has 280 valence electrons. The first-order valence-electron chi connectivity index (χ1n) is 18.9. The number of carbonyl (C=O) groups is 2. The summed E-state index contributed by atoms with van der Waals surface area (Å²) >= 11 is 0. The molecule has 11 nitrogen and oxygen atoms in total. The fourth-order valence-electron chi connectivity index (χ4n) is 8.40. The highest BCUT2D eigenvalue weighted by Gasteiger charge is 2.43. The summed E-state index contributed by atoms with van der Waals surface area (Å²) < 4.78 is 25.0. The standard InChI is InChI=1S/C38H58FN7O4Si/c1-24(22-47)46-35(37(40)48)30(21-41-46)34(33(27-13-9-7-10-14-27)28-15-11-8-12-16-28)38(49)43-31-18-17-29(36(39)42-31)32-25(2)44-45(26(32)3)23-50-19-20-51(4,5)6/h17-18,21,24,27-28,33-34,47H,7-16,19-20,22-23H2,1-6H3,(H2,40,48)(H,42,43,49). The van der Waals surface area contributed by atoms with E-state index in [1.807, 2.05) is 13.8 Å². The summed E-state index contributed by atoms with van der Waals surface area (Å²) in [5.41, 5.74) is 8.96. The van der Waals surface area contributed by atoms with Crippen LogP contribution >= 0.6 is 0 Å². The van der Waals surface area contributed by atoms with Crippen molar-refractivity contribution in [2.75, 3.05) is 18.5 Å². The zero-order valence-corrected chi connectivity index (χ0v) is 32.4. The maximum absolute atomic E-state index is 15.9. The summed E-state index contributed by atoms with van der Waals surface area (Å²) in [7, 11) is -1.23. The van der Waals surface area contributed by atoms with Gasteiger partial charge in [-0.15, -0.1) is 0 Å². The minimum atomic E-state index is -1.23. The Morgan fingerprint density at radius 2 is 1.69 bits per heavy atom. The molecule has 5 rings (SSSR count). The molecule has 0 bridgehead atoms. The van der Waals surface area contributed by atoms with Gasteiger partial charge in [-0.25, -0.2) is 9.67 Å². The zero-order chi connectivity index (χ0) is 36.9. The first kappa shape index (κ1) is 38.8. The highest BCUT2D eigenvalue weighted by molar-refractivity contribution is 6.76. The Balaban J connectivity index is 1.48. The Kier molecular flexibility index (Phi) is 12.9. The van der Waals surface area contributed by atoms with Crippen molar-refractivity contribution < 1.29 is 23.8 Å². The maximum Gasteiger partial charge on any atom is 0.267 e. The van der Waals surface area contributed by atoms with Gasteiger partial charge in [-0.2, -0.15) is 14.6 Å². The molecule has 2 fully saturated rings. The average molecular weight is 724 g/mol. The number of halogens is 1. The number of aliphatic hydroxyl groups excluding tert-OH is 1. The topological polar surface area (TPSA) is 150 Å². The Bertz CT molecular complexity index is 1640. The van der Waals surface area contributed by atoms with Gasteiger partial charge in [-0.1, -0.05) is 83.8 Å². The smallest absolute Gasteiger partial charge is 0.267 e. The van der Waals surface area contributed by atoms with Gasteiger partial charge in [0.2, 0.25) is 11.9 Å². The molecule has 2 saturated carbocycles. The number of rotatable bonds is 15. The molecule has 2 amide bonds. The first-order chi connectivity index (χ1) is 24.3. The van der Waals surface area contributed by atoms with E-state index in [2.05, 4.69) is 40.1 Å². The molecule has 3 aromatic heterocycles. The molecule has 2 unspecified atom stereocenters. The zero-order valence-electron chi connectivity index (χ0n) is 31.4. The van der Waals surface area contributed by atoms with Gasteiger partial charge in [0.05, 0.1) is 30.5 Å². The molecular formula is C38H58FN7O4Si. The third-order valence-electron chi connectivity index (χ3n) is 11.1. The van der Waals surface area contributed by atoms with Crippen LogP contribution in [0.25, 0.3) is 11.1 Å². The van der Waals surface area contributed by atoms with E-state index < -0.39 is 31.9 Å². The number of aromatic nitrogens is 5. The van der Waals surface area contributed by atoms with Gasteiger partial charge in [0, 0.05) is 37.1 Å². The third kappa shape index (κ3) is 9.15. The van der Waals surface area contributed by atoms with Crippen LogP contribution in [0.2, 0.25) is 25.7 Å². The molecule has 4 N–H and O–H groups in total. The van der Waals surface area contributed by atoms with Crippen molar-refractivity contribution >= 4 is 25.7 Å². The molecule has 51 heavy (non-hydrogen) atoms. The van der Waals surface area contributed by atoms with E-state index in [-0.39, 0.29) is 48.5 Å². The number of carbonyl (C=O) groups excluding carboxylic acids is 2. The maximum atomic E-state index is 15.9. The normalized spacial score (nSPS) is 17.5. The number of nitrogens with two attached hydrogens (primary N) is 1. The number of hydrogen-bond donors (Lipinski definition) is 3. The fraction of sp³-hybridized carbons (Fsp3) is 0.658. The average Bonchev–Trinajstić information content (AvgIpc) is 3.66. The van der Waals surface area contributed by atoms with Crippen LogP contribution in [0.5, 0.6) is 0 Å². The van der Waals surface area contributed by atoms with Crippen molar-refractivity contribution in [1.82, 2.24) is 24.5 Å². The molecule has 0 aliphatic heterocycles. The van der Waals surface area contributed by atoms with Crippen molar-refractivity contribution in [2.24, 2.45) is 23.5 Å². The first-order valence-corrected chi connectivity index (χ1v) is 22.6. The van der Waals surface area contributed by atoms with Crippen molar-refractivity contribution in [3.05, 3.63) is 46.9 Å². The molecule has 0 aromatic carbocycles. The molecule has 3 heterocycles. The Morgan fingerprint density at radius 3 is 2.24 bits per heavy atom. The molecule has 13 heteroatoms. The third-order valence-corrected chi connectivity index (χ3v) is 12.8. The number of ether oxygens (including phenoxy) is 1. The number of nitrogens with zero attached hydrogens (tertiary/aromatic N) is 5. The lowest BCUT2D eigenvalue weighted by Crippen LogP contribution is -2.39. The number of pyridine rings is 1. The second-order valence-electron chi connectivity index (χ2n) is 16.1. The molecular weight excluding hydrogens is 666 g/mol. The molecule has 3 aromatic rings. The Morgan fingerprint density at radius 1 is 1.06 bits per heavy atom. The lowest BCUT2D eigenvalue weighted by Gasteiger charge is -2.41. The predicted octanol–water partition coefficient (Wildman–Crippen LogP) is 7.36. The van der Waals surface area contributed by atoms with Crippen LogP contribution in [0.4, 0.5) is 10.2 Å². The van der Waals surface area contributed by atoms with Crippen molar-refractivity contribution in [3.8, 4) is 11.1 Å². The van der Waals surface area contributed by atoms with Gasteiger partial charge in [0.1, 0.15) is 18.2 Å². The molecule has 0 radical (unpaired) electrons. The predicted molar refractivity (Wildman–Crippen MR) is 200 cm³/mol. The number of aliphatic hydroxyl groups is 1. The summed E-state index contributed by atoms with van der Waals surface area (Å²) in [5.74, 6) is -1.93. The van der Waals surface area contributed by atoms with Gasteiger partial charge in [0.25, 0.3) is 5.91 Å². The molecule has 2 aliphatic carbocycles. The number of hydrogen-bond acceptors (Lipinski definition) is 7. The van der Waals surface area contributed by atoms with Gasteiger partial charge < -0.3 is 20.9 Å². The molecule has 2 atom stereocenters. The SMILES string of the molecule is Cc1nn(COCC[Si](C)(C)C)c(C)c1-c1ccc(NC(=O)C(c2cnn(C(C)CO)c2C(N)=O)C(C2CCCCC2)C2CCCCC2)nc1F. The van der Waals surface area contributed by atoms with Crippen molar-refractivity contribution in [2.45, 2.75) is 129 Å². The van der Waals surface area contributed by atoms with Gasteiger partial charge in [-0.3, -0.25) is 14.3 Å². The van der Waals surface area contributed by atoms with Gasteiger partial charge >= 0.3 is 0 Å². The van der Waals surface area contributed by atoms with E-state index in [1.165, 1.54) is 17.5 Å². The van der Waals surface area contributed by atoms with E-state index in [4.69, 9.17) is 10.5 Å². The largest absolute Gasteiger partial charge is 0.394 e. The highest BCUT2D eigenvalue weighted by atomic mass is 28.3. The number of nitrogens with one attached hydrogen (secondary N) is 1.